The number of benzene rings is 1. The van der Waals surface area contributed by atoms with Crippen LogP contribution in [0.5, 0.6) is 0 Å². The third kappa shape index (κ3) is 2.82. The van der Waals surface area contributed by atoms with Gasteiger partial charge in [-0.05, 0) is 24.5 Å². The molecule has 0 aliphatic heterocycles. The van der Waals surface area contributed by atoms with Gasteiger partial charge in [-0.25, -0.2) is 0 Å². The van der Waals surface area contributed by atoms with Crippen molar-refractivity contribution >= 4 is 21.7 Å². The number of nitrogens with zero attached hydrogens (tertiary/aromatic N) is 2. The lowest BCUT2D eigenvalue weighted by Gasteiger charge is -2.16. The van der Waals surface area contributed by atoms with Gasteiger partial charge in [0.05, 0.1) is 5.92 Å². The fourth-order valence-electron chi connectivity index (χ4n) is 2.54. The first kappa shape index (κ1) is 13.5. The van der Waals surface area contributed by atoms with Crippen LogP contribution in [0.2, 0.25) is 0 Å². The van der Waals surface area contributed by atoms with Crippen LogP contribution in [-0.2, 0) is 11.2 Å². The minimum Gasteiger partial charge on any atom is -0.339 e. The molecule has 1 aromatic carbocycles. The molecular weight excluding hydrogens is 320 g/mol. The fourth-order valence-corrected chi connectivity index (χ4v) is 2.96. The summed E-state index contributed by atoms with van der Waals surface area (Å²) in [6.07, 6.45) is 4.10. The molecule has 0 N–H and O–H groups in total. The van der Waals surface area contributed by atoms with Crippen LogP contribution >= 0.6 is 15.9 Å². The van der Waals surface area contributed by atoms with Gasteiger partial charge in [0.1, 0.15) is 5.78 Å². The van der Waals surface area contributed by atoms with Crippen LogP contribution in [0.15, 0.2) is 33.3 Å². The zero-order valence-corrected chi connectivity index (χ0v) is 12.6. The van der Waals surface area contributed by atoms with Crippen molar-refractivity contribution in [3.63, 3.8) is 0 Å². The monoisotopic (exact) mass is 334 g/mol. The molecule has 1 aromatic heterocycles. The Morgan fingerprint density at radius 3 is 2.95 bits per heavy atom. The highest BCUT2D eigenvalue weighted by Crippen LogP contribution is 2.29. The molecule has 2 aromatic rings. The second-order valence-electron chi connectivity index (χ2n) is 5.08. The summed E-state index contributed by atoms with van der Waals surface area (Å²) in [6, 6.07) is 7.95. The van der Waals surface area contributed by atoms with Crippen molar-refractivity contribution in [1.29, 1.82) is 0 Å². The Bertz CT molecular complexity index is 624. The number of aromatic nitrogens is 2. The Labute approximate surface area is 125 Å². The van der Waals surface area contributed by atoms with Crippen LogP contribution in [0.25, 0.3) is 0 Å². The predicted molar refractivity (Wildman–Crippen MR) is 77.5 cm³/mol. The van der Waals surface area contributed by atoms with Crippen LogP contribution < -0.4 is 0 Å². The number of rotatable bonds is 3. The molecule has 3 rings (SSSR count). The van der Waals surface area contributed by atoms with Crippen molar-refractivity contribution in [3.8, 4) is 0 Å². The molecular formula is C15H15BrN2O2. The number of Topliss-reactive ketones (excluding diaryl/α,β-unsaturated/α-hetero) is 1. The lowest BCUT2D eigenvalue weighted by molar-refractivity contribution is -0.122. The maximum atomic E-state index is 11.9. The molecule has 1 fully saturated rings. The van der Waals surface area contributed by atoms with Gasteiger partial charge in [-0.15, -0.1) is 0 Å². The van der Waals surface area contributed by atoms with E-state index in [9.17, 15) is 4.79 Å². The van der Waals surface area contributed by atoms with E-state index in [0.717, 1.165) is 29.3 Å². The average molecular weight is 335 g/mol. The zero-order chi connectivity index (χ0) is 13.9. The fraction of sp³-hybridized carbons (Fsp3) is 0.400. The summed E-state index contributed by atoms with van der Waals surface area (Å²) in [5.74, 6) is 1.15. The highest BCUT2D eigenvalue weighted by molar-refractivity contribution is 9.10. The molecule has 1 atom stereocenters. The van der Waals surface area contributed by atoms with Gasteiger partial charge in [-0.2, -0.15) is 4.98 Å². The molecule has 5 heteroatoms. The number of carbonyl (C=O) groups is 1. The van der Waals surface area contributed by atoms with E-state index >= 15 is 0 Å². The maximum Gasteiger partial charge on any atom is 0.237 e. The second kappa shape index (κ2) is 5.87. The van der Waals surface area contributed by atoms with E-state index < -0.39 is 0 Å². The van der Waals surface area contributed by atoms with Crippen molar-refractivity contribution in [2.24, 2.45) is 0 Å². The number of halogens is 1. The third-order valence-corrected chi connectivity index (χ3v) is 4.42. The van der Waals surface area contributed by atoms with Gasteiger partial charge in [0.25, 0.3) is 0 Å². The van der Waals surface area contributed by atoms with Gasteiger partial charge in [-0.1, -0.05) is 45.7 Å². The molecule has 0 amide bonds. The van der Waals surface area contributed by atoms with Crippen LogP contribution in [0, 0.1) is 0 Å². The second-order valence-corrected chi connectivity index (χ2v) is 5.94. The minimum atomic E-state index is -0.191. The van der Waals surface area contributed by atoms with E-state index in [1.807, 2.05) is 24.3 Å². The largest absolute Gasteiger partial charge is 0.339 e. The van der Waals surface area contributed by atoms with E-state index in [4.69, 9.17) is 4.52 Å². The summed E-state index contributed by atoms with van der Waals surface area (Å²) in [4.78, 5) is 16.3. The summed E-state index contributed by atoms with van der Waals surface area (Å²) < 4.78 is 6.32. The zero-order valence-electron chi connectivity index (χ0n) is 11.0. The molecule has 0 saturated heterocycles. The first-order chi connectivity index (χ1) is 9.74. The highest BCUT2D eigenvalue weighted by Gasteiger charge is 2.28. The molecule has 0 spiro atoms. The Morgan fingerprint density at radius 2 is 2.15 bits per heavy atom. The Hall–Kier alpha value is -1.49. The molecule has 4 nitrogen and oxygen atoms in total. The van der Waals surface area contributed by atoms with Gasteiger partial charge in [0, 0.05) is 17.3 Å². The Morgan fingerprint density at radius 1 is 1.30 bits per heavy atom. The van der Waals surface area contributed by atoms with Gasteiger partial charge in [-0.3, -0.25) is 4.79 Å². The van der Waals surface area contributed by atoms with Gasteiger partial charge >= 0.3 is 0 Å². The van der Waals surface area contributed by atoms with Crippen LogP contribution in [0.4, 0.5) is 0 Å². The first-order valence-electron chi connectivity index (χ1n) is 6.82. The summed E-state index contributed by atoms with van der Waals surface area (Å²) in [6.45, 7) is 0. The van der Waals surface area contributed by atoms with Gasteiger partial charge in [0.2, 0.25) is 5.89 Å². The van der Waals surface area contributed by atoms with Crippen LogP contribution in [-0.4, -0.2) is 15.9 Å². The molecule has 1 unspecified atom stereocenters. The molecule has 1 aliphatic carbocycles. The molecule has 1 aliphatic rings. The van der Waals surface area contributed by atoms with Crippen molar-refractivity contribution < 1.29 is 9.32 Å². The minimum absolute atomic E-state index is 0.191. The standard InChI is InChI=1S/C15H15BrN2O2/c16-12-7-3-1-5-10(12)9-14-17-15(20-18-14)11-6-2-4-8-13(11)19/h1,3,5,7,11H,2,4,6,8-9H2. The Balaban J connectivity index is 1.77. The SMILES string of the molecule is O=C1CCCCC1c1nc(Cc2ccccc2Br)no1. The number of ketones is 1. The molecule has 20 heavy (non-hydrogen) atoms. The Kier molecular flexibility index (Phi) is 3.96. The lowest BCUT2D eigenvalue weighted by atomic mass is 9.88. The van der Waals surface area contributed by atoms with E-state index in [2.05, 4.69) is 26.1 Å². The van der Waals surface area contributed by atoms with E-state index in [-0.39, 0.29) is 11.7 Å². The van der Waals surface area contributed by atoms with Crippen molar-refractivity contribution in [3.05, 3.63) is 46.0 Å². The predicted octanol–water partition coefficient (Wildman–Crippen LogP) is 3.65. The quantitative estimate of drug-likeness (QED) is 0.859. The number of hydrogen-bond donors (Lipinski definition) is 0. The normalized spacial score (nSPS) is 19.2. The molecule has 1 saturated carbocycles. The van der Waals surface area contributed by atoms with E-state index in [1.165, 1.54) is 0 Å². The number of carbonyl (C=O) groups excluding carboxylic acids is 1. The molecule has 104 valence electrons. The lowest BCUT2D eigenvalue weighted by Crippen LogP contribution is -2.17. The van der Waals surface area contributed by atoms with Crippen LogP contribution in [0.1, 0.15) is 48.9 Å². The highest BCUT2D eigenvalue weighted by atomic mass is 79.9. The summed E-state index contributed by atoms with van der Waals surface area (Å²) in [5, 5.41) is 4.00. The first-order valence-corrected chi connectivity index (χ1v) is 7.62. The average Bonchev–Trinajstić information content (AvgIpc) is 2.90. The smallest absolute Gasteiger partial charge is 0.237 e. The van der Waals surface area contributed by atoms with Crippen molar-refractivity contribution in [2.45, 2.75) is 38.0 Å². The summed E-state index contributed by atoms with van der Waals surface area (Å²) >= 11 is 3.51. The number of hydrogen-bond acceptors (Lipinski definition) is 4. The topological polar surface area (TPSA) is 56.0 Å². The van der Waals surface area contributed by atoms with E-state index in [1.54, 1.807) is 0 Å². The molecule has 1 heterocycles. The van der Waals surface area contributed by atoms with Crippen LogP contribution in [0.3, 0.4) is 0 Å². The summed E-state index contributed by atoms with van der Waals surface area (Å²) in [7, 11) is 0. The van der Waals surface area contributed by atoms with Gasteiger partial charge in [0.15, 0.2) is 5.82 Å². The third-order valence-electron chi connectivity index (χ3n) is 3.64. The van der Waals surface area contributed by atoms with Crippen molar-refractivity contribution in [1.82, 2.24) is 10.1 Å². The van der Waals surface area contributed by atoms with Crippen molar-refractivity contribution in [2.75, 3.05) is 0 Å². The summed E-state index contributed by atoms with van der Waals surface area (Å²) in [5.41, 5.74) is 1.11. The molecule has 0 bridgehead atoms. The maximum absolute atomic E-state index is 11.9. The van der Waals surface area contributed by atoms with Gasteiger partial charge < -0.3 is 4.52 Å². The van der Waals surface area contributed by atoms with E-state index in [0.29, 0.717) is 24.6 Å². The molecule has 0 radical (unpaired) electrons.